The second-order valence-corrected chi connectivity index (χ2v) is 4.80. The van der Waals surface area contributed by atoms with Crippen LogP contribution in [-0.4, -0.2) is 40.0 Å². The molecule has 0 fully saturated rings. The van der Waals surface area contributed by atoms with E-state index in [1.165, 1.54) is 11.5 Å². The van der Waals surface area contributed by atoms with E-state index in [9.17, 15) is 0 Å². The number of nitrogens with one attached hydrogen (secondary N) is 1. The lowest BCUT2D eigenvalue weighted by Crippen LogP contribution is -2.18. The normalized spacial score (nSPS) is 10.8. The molecule has 1 N–H and O–H groups in total. The summed E-state index contributed by atoms with van der Waals surface area (Å²) in [7, 11) is 1.68. The lowest BCUT2D eigenvalue weighted by molar-refractivity contribution is 0.199. The maximum atomic E-state index is 4.93. The van der Waals surface area contributed by atoms with Gasteiger partial charge in [-0.15, -0.1) is 15.3 Å². The Morgan fingerprint density at radius 3 is 3.12 bits per heavy atom. The number of methoxy groups -OCH3 is 1. The highest BCUT2D eigenvalue weighted by atomic mass is 32.1. The average Bonchev–Trinajstić information content (AvgIpc) is 2.94. The first-order chi connectivity index (χ1) is 7.90. The molecule has 8 heteroatoms. The molecule has 2 aromatic rings. The summed E-state index contributed by atoms with van der Waals surface area (Å²) >= 11 is 2.88. The number of hydrogen-bond acceptors (Lipinski definition) is 8. The average molecular weight is 257 g/mol. The van der Waals surface area contributed by atoms with Gasteiger partial charge >= 0.3 is 0 Å². The standard InChI is InChI=1S/C8H11N5OS2/c1-14-3-2-9-5-7-11-12-8(15-7)6-4-10-13-16-6/h4,9H,2-3,5H2,1H3. The van der Waals surface area contributed by atoms with Crippen molar-refractivity contribution in [3.63, 3.8) is 0 Å². The Hall–Kier alpha value is -0.960. The van der Waals surface area contributed by atoms with Gasteiger partial charge in [-0.25, -0.2) is 0 Å². The predicted octanol–water partition coefficient (Wildman–Crippen LogP) is 0.793. The van der Waals surface area contributed by atoms with E-state index in [0.717, 1.165) is 21.4 Å². The van der Waals surface area contributed by atoms with E-state index in [1.54, 1.807) is 24.6 Å². The zero-order valence-corrected chi connectivity index (χ0v) is 10.3. The first-order valence-corrected chi connectivity index (χ1v) is 6.29. The zero-order valence-electron chi connectivity index (χ0n) is 8.71. The van der Waals surface area contributed by atoms with Crippen LogP contribution in [-0.2, 0) is 11.3 Å². The predicted molar refractivity (Wildman–Crippen MR) is 62.4 cm³/mol. The SMILES string of the molecule is COCCNCc1nnc(-c2cnns2)s1. The molecule has 0 atom stereocenters. The van der Waals surface area contributed by atoms with Gasteiger partial charge < -0.3 is 10.1 Å². The highest BCUT2D eigenvalue weighted by molar-refractivity contribution is 7.19. The van der Waals surface area contributed by atoms with Crippen LogP contribution in [0.2, 0.25) is 0 Å². The van der Waals surface area contributed by atoms with Gasteiger partial charge in [-0.2, -0.15) is 0 Å². The molecule has 0 bridgehead atoms. The minimum absolute atomic E-state index is 0.699. The number of rotatable bonds is 6. The molecule has 2 aromatic heterocycles. The van der Waals surface area contributed by atoms with Gasteiger partial charge in [-0.3, -0.25) is 0 Å². The van der Waals surface area contributed by atoms with Crippen molar-refractivity contribution in [1.82, 2.24) is 25.1 Å². The maximum Gasteiger partial charge on any atom is 0.161 e. The summed E-state index contributed by atoms with van der Waals surface area (Å²) in [6.07, 6.45) is 1.70. The smallest absolute Gasteiger partial charge is 0.161 e. The summed E-state index contributed by atoms with van der Waals surface area (Å²) in [5.41, 5.74) is 0. The van der Waals surface area contributed by atoms with Crippen LogP contribution in [0.5, 0.6) is 0 Å². The lowest BCUT2D eigenvalue weighted by atomic mass is 10.6. The summed E-state index contributed by atoms with van der Waals surface area (Å²) in [6.45, 7) is 2.23. The Kier molecular flexibility index (Phi) is 4.28. The van der Waals surface area contributed by atoms with Crippen molar-refractivity contribution in [2.24, 2.45) is 0 Å². The minimum atomic E-state index is 0.699. The molecule has 0 amide bonds. The molecular weight excluding hydrogens is 246 g/mol. The van der Waals surface area contributed by atoms with Crippen LogP contribution in [0.3, 0.4) is 0 Å². The van der Waals surface area contributed by atoms with Gasteiger partial charge in [0.25, 0.3) is 0 Å². The van der Waals surface area contributed by atoms with Crippen LogP contribution in [0.4, 0.5) is 0 Å². The highest BCUT2D eigenvalue weighted by Gasteiger charge is 2.08. The van der Waals surface area contributed by atoms with Gasteiger partial charge in [0.15, 0.2) is 5.01 Å². The number of nitrogens with zero attached hydrogens (tertiary/aromatic N) is 4. The van der Waals surface area contributed by atoms with Crippen LogP contribution < -0.4 is 5.32 Å². The number of ether oxygens (including phenoxy) is 1. The second kappa shape index (κ2) is 5.94. The molecule has 0 radical (unpaired) electrons. The van der Waals surface area contributed by atoms with Gasteiger partial charge in [0.2, 0.25) is 0 Å². The van der Waals surface area contributed by atoms with Crippen LogP contribution in [0.1, 0.15) is 5.01 Å². The first-order valence-electron chi connectivity index (χ1n) is 4.70. The van der Waals surface area contributed by atoms with Crippen molar-refractivity contribution in [1.29, 1.82) is 0 Å². The minimum Gasteiger partial charge on any atom is -0.383 e. The summed E-state index contributed by atoms with van der Waals surface area (Å²) < 4.78 is 8.73. The molecule has 2 rings (SSSR count). The monoisotopic (exact) mass is 257 g/mol. The van der Waals surface area contributed by atoms with Crippen LogP contribution >= 0.6 is 22.9 Å². The fourth-order valence-corrected chi connectivity index (χ4v) is 2.40. The van der Waals surface area contributed by atoms with Gasteiger partial charge in [0, 0.05) is 20.2 Å². The third-order valence-electron chi connectivity index (χ3n) is 1.80. The molecule has 6 nitrogen and oxygen atoms in total. The number of aromatic nitrogens is 4. The molecule has 0 spiro atoms. The van der Waals surface area contributed by atoms with Crippen LogP contribution in [0.15, 0.2) is 6.20 Å². The highest BCUT2D eigenvalue weighted by Crippen LogP contribution is 2.24. The Bertz CT molecular complexity index is 416. The fraction of sp³-hybridized carbons (Fsp3) is 0.500. The molecule has 0 saturated heterocycles. The Morgan fingerprint density at radius 1 is 1.44 bits per heavy atom. The van der Waals surface area contributed by atoms with Gasteiger partial charge in [-0.1, -0.05) is 15.8 Å². The summed E-state index contributed by atoms with van der Waals surface area (Å²) in [4.78, 5) is 0.959. The van der Waals surface area contributed by atoms with E-state index in [4.69, 9.17) is 4.74 Å². The summed E-state index contributed by atoms with van der Waals surface area (Å²) in [5, 5.41) is 17.0. The fourth-order valence-electron chi connectivity index (χ4n) is 1.06. The third kappa shape index (κ3) is 3.01. The van der Waals surface area contributed by atoms with Gasteiger partial charge in [0.1, 0.15) is 9.88 Å². The molecule has 16 heavy (non-hydrogen) atoms. The molecule has 0 saturated carbocycles. The molecule has 86 valence electrons. The van der Waals surface area contributed by atoms with Gasteiger partial charge in [-0.05, 0) is 11.5 Å². The van der Waals surface area contributed by atoms with Crippen molar-refractivity contribution >= 4 is 22.9 Å². The van der Waals surface area contributed by atoms with Gasteiger partial charge in [0.05, 0.1) is 12.8 Å². The maximum absolute atomic E-state index is 4.93. The molecule has 0 unspecified atom stereocenters. The largest absolute Gasteiger partial charge is 0.383 e. The summed E-state index contributed by atoms with van der Waals surface area (Å²) in [6, 6.07) is 0. The van der Waals surface area contributed by atoms with Crippen molar-refractivity contribution in [2.75, 3.05) is 20.3 Å². The van der Waals surface area contributed by atoms with Crippen molar-refractivity contribution in [2.45, 2.75) is 6.54 Å². The molecule has 0 aliphatic carbocycles. The van der Waals surface area contributed by atoms with E-state index < -0.39 is 0 Å². The van der Waals surface area contributed by atoms with E-state index in [-0.39, 0.29) is 0 Å². The topological polar surface area (TPSA) is 72.8 Å². The van der Waals surface area contributed by atoms with Crippen molar-refractivity contribution in [3.8, 4) is 9.88 Å². The molecule has 0 aliphatic rings. The van der Waals surface area contributed by atoms with E-state index in [1.807, 2.05) is 0 Å². The molecular formula is C8H11N5OS2. The van der Waals surface area contributed by atoms with E-state index in [2.05, 4.69) is 25.1 Å². The van der Waals surface area contributed by atoms with Crippen LogP contribution in [0.25, 0.3) is 9.88 Å². The number of hydrogen-bond donors (Lipinski definition) is 1. The Morgan fingerprint density at radius 2 is 2.38 bits per heavy atom. The lowest BCUT2D eigenvalue weighted by Gasteiger charge is -1.99. The third-order valence-corrected chi connectivity index (χ3v) is 3.56. The van der Waals surface area contributed by atoms with E-state index in [0.29, 0.717) is 13.2 Å². The second-order valence-electron chi connectivity index (χ2n) is 2.95. The summed E-state index contributed by atoms with van der Waals surface area (Å²) in [5.74, 6) is 0. The molecule has 0 aliphatic heterocycles. The van der Waals surface area contributed by atoms with Crippen LogP contribution in [0, 0.1) is 0 Å². The quantitative estimate of drug-likeness (QED) is 0.771. The van der Waals surface area contributed by atoms with Crippen molar-refractivity contribution in [3.05, 3.63) is 11.2 Å². The first kappa shape index (κ1) is 11.5. The Balaban J connectivity index is 1.88. The zero-order chi connectivity index (χ0) is 11.2. The Labute approximate surface area is 101 Å². The van der Waals surface area contributed by atoms with E-state index >= 15 is 0 Å². The molecule has 0 aromatic carbocycles. The van der Waals surface area contributed by atoms with Crippen molar-refractivity contribution < 1.29 is 4.74 Å². The molecule has 2 heterocycles.